The van der Waals surface area contributed by atoms with Gasteiger partial charge in [-0.3, -0.25) is 14.4 Å². The summed E-state index contributed by atoms with van der Waals surface area (Å²) >= 11 is 2.02. The van der Waals surface area contributed by atoms with Gasteiger partial charge in [-0.1, -0.05) is 6.08 Å². The second-order valence-corrected chi connectivity index (χ2v) is 11.0. The van der Waals surface area contributed by atoms with Gasteiger partial charge in [0.1, 0.15) is 18.5 Å². The second kappa shape index (κ2) is 16.1. The van der Waals surface area contributed by atoms with Crippen LogP contribution in [0.3, 0.4) is 0 Å². The number of nitrogens with zero attached hydrogens (tertiary/aromatic N) is 1. The lowest BCUT2D eigenvalue weighted by molar-refractivity contribution is -0.141. The van der Waals surface area contributed by atoms with Crippen LogP contribution in [0.4, 0.5) is 0 Å². The van der Waals surface area contributed by atoms with Crippen molar-refractivity contribution in [1.29, 1.82) is 0 Å². The predicted octanol–water partition coefficient (Wildman–Crippen LogP) is 2.78. The Morgan fingerprint density at radius 1 is 1.32 bits per heavy atom. The molecule has 0 bridgehead atoms. The number of aliphatic hydroxyl groups excluding tert-OH is 2. The summed E-state index contributed by atoms with van der Waals surface area (Å²) in [6, 6.07) is 2.42. The van der Waals surface area contributed by atoms with Gasteiger partial charge in [-0.15, -0.1) is 6.58 Å². The van der Waals surface area contributed by atoms with Gasteiger partial charge in [0.15, 0.2) is 11.5 Å². The van der Waals surface area contributed by atoms with E-state index in [1.165, 1.54) is 13.2 Å². The zero-order valence-electron chi connectivity index (χ0n) is 22.9. The number of halogens is 1. The number of aldehydes is 1. The number of allylic oxidation sites excluding steroid dienone is 1. The average Bonchev–Trinajstić information content (AvgIpc) is 3.48. The van der Waals surface area contributed by atoms with Gasteiger partial charge in [0.2, 0.25) is 11.8 Å². The average molecular weight is 671 g/mol. The van der Waals surface area contributed by atoms with Crippen molar-refractivity contribution in [1.82, 2.24) is 10.2 Å². The lowest BCUT2D eigenvalue weighted by atomic mass is 9.87. The first-order valence-electron chi connectivity index (χ1n) is 13.6. The maximum atomic E-state index is 13.6. The number of ether oxygens (including phenoxy) is 3. The quantitative estimate of drug-likeness (QED) is 0.112. The van der Waals surface area contributed by atoms with Crippen LogP contribution in [-0.2, 0) is 14.3 Å². The number of rotatable bonds is 15. The van der Waals surface area contributed by atoms with Crippen molar-refractivity contribution >= 4 is 40.7 Å². The van der Waals surface area contributed by atoms with Crippen molar-refractivity contribution in [2.24, 2.45) is 0 Å². The third-order valence-corrected chi connectivity index (χ3v) is 7.85. The first kappa shape index (κ1) is 32.0. The fourth-order valence-electron chi connectivity index (χ4n) is 4.98. The van der Waals surface area contributed by atoms with Crippen molar-refractivity contribution in [2.45, 2.75) is 69.3 Å². The van der Waals surface area contributed by atoms with E-state index < -0.39 is 24.2 Å². The Hall–Kier alpha value is -2.48. The molecule has 1 fully saturated rings. The third kappa shape index (κ3) is 8.51. The fraction of sp³-hybridized carbons (Fsp3) is 0.552. The number of hydrogen-bond donors (Lipinski definition) is 3. The molecule has 3 rings (SSSR count). The summed E-state index contributed by atoms with van der Waals surface area (Å²) in [5.74, 6) is 0.0820. The van der Waals surface area contributed by atoms with Gasteiger partial charge >= 0.3 is 0 Å². The van der Waals surface area contributed by atoms with Gasteiger partial charge in [-0.25, -0.2) is 0 Å². The van der Waals surface area contributed by atoms with Gasteiger partial charge in [-0.05, 0) is 72.9 Å². The lowest BCUT2D eigenvalue weighted by Crippen LogP contribution is -2.56. The molecule has 4 unspecified atom stereocenters. The van der Waals surface area contributed by atoms with Crippen molar-refractivity contribution in [3.05, 3.63) is 45.6 Å². The van der Waals surface area contributed by atoms with E-state index in [2.05, 4.69) is 11.9 Å². The van der Waals surface area contributed by atoms with E-state index in [1.54, 1.807) is 17.0 Å². The summed E-state index contributed by atoms with van der Waals surface area (Å²) in [7, 11) is 1.45. The van der Waals surface area contributed by atoms with E-state index in [0.717, 1.165) is 25.7 Å². The molecule has 1 aliphatic carbocycles. The highest BCUT2D eigenvalue weighted by atomic mass is 127. The minimum Gasteiger partial charge on any atom is -0.493 e. The molecule has 0 aromatic heterocycles. The van der Waals surface area contributed by atoms with E-state index in [-0.39, 0.29) is 31.6 Å². The summed E-state index contributed by atoms with van der Waals surface area (Å²) < 4.78 is 18.1. The summed E-state index contributed by atoms with van der Waals surface area (Å²) in [4.78, 5) is 39.6. The summed E-state index contributed by atoms with van der Waals surface area (Å²) in [5.41, 5.74) is 0.740. The molecule has 11 heteroatoms. The highest BCUT2D eigenvalue weighted by Gasteiger charge is 2.41. The highest BCUT2D eigenvalue weighted by Crippen LogP contribution is 2.37. The smallest absolute Gasteiger partial charge is 0.247 e. The van der Waals surface area contributed by atoms with Crippen LogP contribution >= 0.6 is 22.6 Å². The van der Waals surface area contributed by atoms with Crippen molar-refractivity contribution in [3.63, 3.8) is 0 Å². The standard InChI is InChI=1S/C29H39IN2O8/c1-3-4-5-6-9-26(35)32(17-21-8-7-12-39-21)23-15-20(29(37)31-10-11-33)16-24(27(23)36)40-28-22(30)13-19(18-34)14-25(28)38-2/h3,13-14,16,18,21,23-24,27,33,36H,1,4-12,15,17H2,2H3,(H,31,37). The number of amides is 2. The van der Waals surface area contributed by atoms with Crippen LogP contribution in [0, 0.1) is 3.57 Å². The van der Waals surface area contributed by atoms with Crippen LogP contribution in [0.5, 0.6) is 11.5 Å². The highest BCUT2D eigenvalue weighted by molar-refractivity contribution is 14.1. The Morgan fingerprint density at radius 2 is 2.12 bits per heavy atom. The fourth-order valence-corrected chi connectivity index (χ4v) is 5.73. The first-order valence-corrected chi connectivity index (χ1v) is 14.7. The van der Waals surface area contributed by atoms with E-state index >= 15 is 0 Å². The molecule has 40 heavy (non-hydrogen) atoms. The van der Waals surface area contributed by atoms with E-state index in [0.29, 0.717) is 58.5 Å². The monoisotopic (exact) mass is 670 g/mol. The van der Waals surface area contributed by atoms with Gasteiger partial charge in [0.05, 0.1) is 29.4 Å². The molecule has 3 N–H and O–H groups in total. The molecule has 220 valence electrons. The number of nitrogens with one attached hydrogen (secondary N) is 1. The number of aliphatic hydroxyl groups is 2. The maximum Gasteiger partial charge on any atom is 0.247 e. The molecular weight excluding hydrogens is 631 g/mol. The molecule has 10 nitrogen and oxygen atoms in total. The molecule has 1 aromatic carbocycles. The summed E-state index contributed by atoms with van der Waals surface area (Å²) in [6.07, 6.45) is 6.17. The maximum absolute atomic E-state index is 13.6. The Kier molecular flexibility index (Phi) is 12.9. The Labute approximate surface area is 248 Å². The molecule has 4 atom stereocenters. The van der Waals surface area contributed by atoms with Crippen molar-refractivity contribution < 1.29 is 38.8 Å². The largest absolute Gasteiger partial charge is 0.493 e. The molecule has 1 heterocycles. The summed E-state index contributed by atoms with van der Waals surface area (Å²) in [6.45, 7) is 4.50. The van der Waals surface area contributed by atoms with Crippen LogP contribution in [0.15, 0.2) is 36.4 Å². The molecule has 2 amide bonds. The van der Waals surface area contributed by atoms with Gasteiger partial charge in [-0.2, -0.15) is 0 Å². The van der Waals surface area contributed by atoms with Gasteiger partial charge < -0.3 is 34.6 Å². The molecule has 1 aliphatic heterocycles. The Balaban J connectivity index is 1.96. The van der Waals surface area contributed by atoms with Crippen LogP contribution in [0.1, 0.15) is 55.3 Å². The predicted molar refractivity (Wildman–Crippen MR) is 157 cm³/mol. The minimum absolute atomic E-state index is 0.0651. The molecule has 1 saturated heterocycles. The van der Waals surface area contributed by atoms with Gasteiger partial charge in [0, 0.05) is 43.7 Å². The van der Waals surface area contributed by atoms with Crippen LogP contribution in [0.2, 0.25) is 0 Å². The number of methoxy groups -OCH3 is 1. The molecule has 2 aliphatic rings. The first-order chi connectivity index (χ1) is 19.3. The lowest BCUT2D eigenvalue weighted by Gasteiger charge is -2.41. The molecule has 0 spiro atoms. The Bertz CT molecular complexity index is 1070. The molecule has 0 radical (unpaired) electrons. The minimum atomic E-state index is -1.17. The number of hydrogen-bond acceptors (Lipinski definition) is 8. The zero-order chi connectivity index (χ0) is 29.1. The molecule has 0 saturated carbocycles. The second-order valence-electron chi connectivity index (χ2n) is 9.88. The van der Waals surface area contributed by atoms with E-state index in [4.69, 9.17) is 14.2 Å². The Morgan fingerprint density at radius 3 is 2.77 bits per heavy atom. The van der Waals surface area contributed by atoms with Crippen LogP contribution in [0.25, 0.3) is 0 Å². The topological polar surface area (TPSA) is 135 Å². The van der Waals surface area contributed by atoms with Gasteiger partial charge in [0.25, 0.3) is 0 Å². The third-order valence-electron chi connectivity index (χ3n) is 7.05. The van der Waals surface area contributed by atoms with E-state index in [9.17, 15) is 24.6 Å². The number of benzene rings is 1. The number of unbranched alkanes of at least 4 members (excludes halogenated alkanes) is 2. The van der Waals surface area contributed by atoms with Crippen molar-refractivity contribution in [2.75, 3.05) is 33.4 Å². The molecular formula is C29H39IN2O8. The van der Waals surface area contributed by atoms with Crippen LogP contribution in [-0.4, -0.2) is 91.0 Å². The zero-order valence-corrected chi connectivity index (χ0v) is 25.0. The number of carbonyl (C=O) groups excluding carboxylic acids is 3. The van der Waals surface area contributed by atoms with E-state index in [1.807, 2.05) is 28.7 Å². The molecule has 1 aromatic rings. The van der Waals surface area contributed by atoms with Crippen molar-refractivity contribution in [3.8, 4) is 11.5 Å². The SMILES string of the molecule is C=CCCCCC(=O)N(CC1CCCO1)C1CC(C(=O)NCCO)=CC(Oc2c(I)cc(C=O)cc2OC)C1O. The van der Waals surface area contributed by atoms with Crippen LogP contribution < -0.4 is 14.8 Å². The normalized spacial score (nSPS) is 22.2. The number of carbonyl (C=O) groups is 3. The summed E-state index contributed by atoms with van der Waals surface area (Å²) in [5, 5.41) is 23.5.